The zero-order valence-electron chi connectivity index (χ0n) is 15.7. The average molecular weight is 465 g/mol. The van der Waals surface area contributed by atoms with E-state index < -0.39 is 0 Å². The number of ether oxygens (including phenoxy) is 2. The Kier molecular flexibility index (Phi) is 6.36. The van der Waals surface area contributed by atoms with Crippen LogP contribution in [-0.4, -0.2) is 29.6 Å². The molecule has 0 bridgehead atoms. The monoisotopic (exact) mass is 463 g/mol. The minimum Gasteiger partial charge on any atom is -0.493 e. The SMILES string of the molecule is CCOc1c(Cl)cc(C=Nn2c(CC)nc3ccc(Br)cc3c2=O)cc1OC. The number of fused-ring (bicyclic) bond motifs is 1. The first-order valence-electron chi connectivity index (χ1n) is 8.74. The Morgan fingerprint density at radius 1 is 1.29 bits per heavy atom. The van der Waals surface area contributed by atoms with Crippen LogP contribution in [0.4, 0.5) is 0 Å². The molecular formula is C20H19BrClN3O3. The summed E-state index contributed by atoms with van der Waals surface area (Å²) in [5, 5.41) is 5.27. The lowest BCUT2D eigenvalue weighted by molar-refractivity contribution is 0.311. The van der Waals surface area contributed by atoms with Gasteiger partial charge in [0.2, 0.25) is 0 Å². The van der Waals surface area contributed by atoms with Gasteiger partial charge in [-0.2, -0.15) is 9.78 Å². The van der Waals surface area contributed by atoms with Crippen LogP contribution in [-0.2, 0) is 6.42 Å². The summed E-state index contributed by atoms with van der Waals surface area (Å²) in [6.07, 6.45) is 2.11. The maximum absolute atomic E-state index is 12.9. The van der Waals surface area contributed by atoms with Crippen molar-refractivity contribution < 1.29 is 9.47 Å². The number of methoxy groups -OCH3 is 1. The highest BCUT2D eigenvalue weighted by Crippen LogP contribution is 2.36. The van der Waals surface area contributed by atoms with E-state index >= 15 is 0 Å². The van der Waals surface area contributed by atoms with E-state index in [0.29, 0.717) is 51.8 Å². The molecule has 8 heteroatoms. The van der Waals surface area contributed by atoms with Crippen LogP contribution in [0.5, 0.6) is 11.5 Å². The molecule has 0 aliphatic carbocycles. The summed E-state index contributed by atoms with van der Waals surface area (Å²) in [5.41, 5.74) is 1.08. The molecule has 0 radical (unpaired) electrons. The van der Waals surface area contributed by atoms with Crippen molar-refractivity contribution in [1.82, 2.24) is 9.66 Å². The first kappa shape index (κ1) is 20.4. The highest BCUT2D eigenvalue weighted by molar-refractivity contribution is 9.10. The van der Waals surface area contributed by atoms with Gasteiger partial charge in [-0.25, -0.2) is 4.98 Å². The van der Waals surface area contributed by atoms with E-state index in [-0.39, 0.29) is 5.56 Å². The Bertz CT molecular complexity index is 1110. The second-order valence-corrected chi connectivity index (χ2v) is 7.19. The Morgan fingerprint density at radius 3 is 2.75 bits per heavy atom. The van der Waals surface area contributed by atoms with Gasteiger partial charge in [0.1, 0.15) is 5.82 Å². The molecule has 146 valence electrons. The lowest BCUT2D eigenvalue weighted by Crippen LogP contribution is -2.22. The topological polar surface area (TPSA) is 65.7 Å². The minimum atomic E-state index is -0.233. The summed E-state index contributed by atoms with van der Waals surface area (Å²) >= 11 is 9.70. The van der Waals surface area contributed by atoms with Gasteiger partial charge in [-0.15, -0.1) is 0 Å². The fourth-order valence-electron chi connectivity index (χ4n) is 2.77. The number of rotatable bonds is 6. The molecule has 1 aromatic heterocycles. The molecule has 28 heavy (non-hydrogen) atoms. The number of benzene rings is 2. The van der Waals surface area contributed by atoms with Crippen LogP contribution in [0, 0.1) is 0 Å². The molecule has 0 spiro atoms. The van der Waals surface area contributed by atoms with Gasteiger partial charge in [0.25, 0.3) is 5.56 Å². The molecule has 0 fully saturated rings. The molecule has 3 rings (SSSR count). The second kappa shape index (κ2) is 8.75. The number of aryl methyl sites for hydroxylation is 1. The van der Waals surface area contributed by atoms with Crippen LogP contribution < -0.4 is 15.0 Å². The molecule has 0 aliphatic heterocycles. The second-order valence-electron chi connectivity index (χ2n) is 5.87. The van der Waals surface area contributed by atoms with Crippen LogP contribution in [0.2, 0.25) is 5.02 Å². The maximum Gasteiger partial charge on any atom is 0.282 e. The molecule has 0 amide bonds. The summed E-state index contributed by atoms with van der Waals surface area (Å²) in [4.78, 5) is 17.5. The zero-order valence-corrected chi connectivity index (χ0v) is 18.0. The van der Waals surface area contributed by atoms with Crippen LogP contribution >= 0.6 is 27.5 Å². The van der Waals surface area contributed by atoms with E-state index in [1.54, 1.807) is 31.5 Å². The maximum atomic E-state index is 12.9. The normalized spacial score (nSPS) is 11.3. The minimum absolute atomic E-state index is 0.233. The van der Waals surface area contributed by atoms with E-state index in [1.807, 2.05) is 26.0 Å². The molecule has 0 unspecified atom stereocenters. The lowest BCUT2D eigenvalue weighted by atomic mass is 10.2. The predicted octanol–water partition coefficient (Wildman–Crippen LogP) is 4.66. The van der Waals surface area contributed by atoms with Crippen molar-refractivity contribution in [2.45, 2.75) is 20.3 Å². The summed E-state index contributed by atoms with van der Waals surface area (Å²) in [7, 11) is 1.54. The number of aromatic nitrogens is 2. The molecular weight excluding hydrogens is 446 g/mol. The van der Waals surface area contributed by atoms with Gasteiger partial charge >= 0.3 is 0 Å². The third-order valence-corrected chi connectivity index (χ3v) is 4.83. The van der Waals surface area contributed by atoms with Gasteiger partial charge in [-0.3, -0.25) is 4.79 Å². The zero-order chi connectivity index (χ0) is 20.3. The van der Waals surface area contributed by atoms with Gasteiger partial charge in [-0.1, -0.05) is 34.5 Å². The van der Waals surface area contributed by atoms with Crippen LogP contribution in [0.1, 0.15) is 25.2 Å². The summed E-state index contributed by atoms with van der Waals surface area (Å²) in [6, 6.07) is 8.87. The van der Waals surface area contributed by atoms with E-state index in [0.717, 1.165) is 4.47 Å². The highest BCUT2D eigenvalue weighted by Gasteiger charge is 2.12. The Hall–Kier alpha value is -2.38. The van der Waals surface area contributed by atoms with Gasteiger partial charge in [0.05, 0.1) is 35.9 Å². The van der Waals surface area contributed by atoms with Crippen molar-refractivity contribution in [2.24, 2.45) is 5.10 Å². The summed E-state index contributed by atoms with van der Waals surface area (Å²) in [5.74, 6) is 1.55. The third kappa shape index (κ3) is 4.05. The van der Waals surface area contributed by atoms with Crippen molar-refractivity contribution in [2.75, 3.05) is 13.7 Å². The van der Waals surface area contributed by atoms with Gasteiger partial charge in [0.15, 0.2) is 11.5 Å². The number of nitrogens with zero attached hydrogens (tertiary/aromatic N) is 3. The molecule has 0 saturated carbocycles. The first-order chi connectivity index (χ1) is 13.5. The Balaban J connectivity index is 2.09. The molecule has 0 atom stereocenters. The molecule has 0 N–H and O–H groups in total. The predicted molar refractivity (Wildman–Crippen MR) is 115 cm³/mol. The van der Waals surface area contributed by atoms with Crippen molar-refractivity contribution in [3.05, 3.63) is 61.6 Å². The summed E-state index contributed by atoms with van der Waals surface area (Å²) in [6.45, 7) is 4.27. The van der Waals surface area contributed by atoms with E-state index in [2.05, 4.69) is 26.0 Å². The largest absolute Gasteiger partial charge is 0.493 e. The number of hydrogen-bond acceptors (Lipinski definition) is 5. The Morgan fingerprint density at radius 2 is 2.07 bits per heavy atom. The van der Waals surface area contributed by atoms with Crippen molar-refractivity contribution in [1.29, 1.82) is 0 Å². The smallest absolute Gasteiger partial charge is 0.282 e. The van der Waals surface area contributed by atoms with Crippen LogP contribution in [0.25, 0.3) is 10.9 Å². The molecule has 3 aromatic rings. The lowest BCUT2D eigenvalue weighted by Gasteiger charge is -2.12. The average Bonchev–Trinajstić information content (AvgIpc) is 2.69. The molecule has 1 heterocycles. The van der Waals surface area contributed by atoms with Crippen molar-refractivity contribution >= 4 is 44.6 Å². The van der Waals surface area contributed by atoms with Gasteiger partial charge in [-0.05, 0) is 42.8 Å². The first-order valence-corrected chi connectivity index (χ1v) is 9.91. The standard InChI is InChI=1S/C20H19BrClN3O3/c1-4-18-24-16-7-6-13(21)10-14(16)20(26)25(18)23-11-12-8-15(22)19(28-5-2)17(9-12)27-3/h6-11H,4-5H2,1-3H3. The van der Waals surface area contributed by atoms with E-state index in [4.69, 9.17) is 21.1 Å². The number of hydrogen-bond donors (Lipinski definition) is 0. The summed E-state index contributed by atoms with van der Waals surface area (Å²) < 4.78 is 13.0. The van der Waals surface area contributed by atoms with Crippen molar-refractivity contribution in [3.8, 4) is 11.5 Å². The third-order valence-electron chi connectivity index (χ3n) is 4.05. The quantitative estimate of drug-likeness (QED) is 0.498. The fraction of sp³-hybridized carbons (Fsp3) is 0.250. The molecule has 0 aliphatic rings. The molecule has 6 nitrogen and oxygen atoms in total. The van der Waals surface area contributed by atoms with Crippen LogP contribution in [0.3, 0.4) is 0 Å². The van der Waals surface area contributed by atoms with Gasteiger partial charge < -0.3 is 9.47 Å². The van der Waals surface area contributed by atoms with Gasteiger partial charge in [0, 0.05) is 10.9 Å². The molecule has 2 aromatic carbocycles. The van der Waals surface area contributed by atoms with Crippen LogP contribution in [0.15, 0.2) is 44.7 Å². The van der Waals surface area contributed by atoms with E-state index in [1.165, 1.54) is 4.68 Å². The number of halogens is 2. The van der Waals surface area contributed by atoms with Crippen molar-refractivity contribution in [3.63, 3.8) is 0 Å². The van der Waals surface area contributed by atoms with E-state index in [9.17, 15) is 4.79 Å². The highest BCUT2D eigenvalue weighted by atomic mass is 79.9. The fourth-order valence-corrected chi connectivity index (χ4v) is 3.40. The Labute approximate surface area is 175 Å². The molecule has 0 saturated heterocycles.